The first-order chi connectivity index (χ1) is 9.58. The number of carbonyl (C=O) groups excluding carboxylic acids is 1. The van der Waals surface area contributed by atoms with E-state index >= 15 is 0 Å². The molecule has 20 heavy (non-hydrogen) atoms. The molecular weight excluding hydrogens is 252 g/mol. The fraction of sp³-hybridized carbons (Fsp3) is 0.600. The quantitative estimate of drug-likeness (QED) is 0.850. The van der Waals surface area contributed by atoms with Crippen LogP contribution in [-0.4, -0.2) is 30.0 Å². The van der Waals surface area contributed by atoms with Crippen molar-refractivity contribution in [1.29, 1.82) is 0 Å². The molecule has 5 heteroatoms. The molecule has 0 spiro atoms. The van der Waals surface area contributed by atoms with Gasteiger partial charge in [-0.05, 0) is 37.5 Å². The lowest BCUT2D eigenvalue weighted by Gasteiger charge is -2.18. The molecule has 2 atom stereocenters. The minimum absolute atomic E-state index is 0.000431. The Labute approximate surface area is 120 Å². The SMILES string of the molecule is CC(N)C(C)C(=O)NCc1ccnc(N2CCCC2)c1. The first-order valence-electron chi connectivity index (χ1n) is 7.31. The summed E-state index contributed by atoms with van der Waals surface area (Å²) < 4.78 is 0. The molecule has 1 aliphatic rings. The van der Waals surface area contributed by atoms with Crippen LogP contribution in [-0.2, 0) is 11.3 Å². The normalized spacial score (nSPS) is 17.9. The van der Waals surface area contributed by atoms with Gasteiger partial charge in [0.15, 0.2) is 0 Å². The Morgan fingerprint density at radius 2 is 2.15 bits per heavy atom. The van der Waals surface area contributed by atoms with Crippen molar-refractivity contribution >= 4 is 11.7 Å². The topological polar surface area (TPSA) is 71.2 Å². The number of nitrogens with two attached hydrogens (primary N) is 1. The number of hydrogen-bond acceptors (Lipinski definition) is 4. The number of rotatable bonds is 5. The third kappa shape index (κ3) is 3.70. The van der Waals surface area contributed by atoms with Crippen molar-refractivity contribution in [2.75, 3.05) is 18.0 Å². The molecule has 1 amide bonds. The average molecular weight is 276 g/mol. The molecule has 0 bridgehead atoms. The van der Waals surface area contributed by atoms with Gasteiger partial charge in [0.2, 0.25) is 5.91 Å². The summed E-state index contributed by atoms with van der Waals surface area (Å²) >= 11 is 0. The summed E-state index contributed by atoms with van der Waals surface area (Å²) in [5, 5.41) is 2.93. The predicted octanol–water partition coefficient (Wildman–Crippen LogP) is 1.28. The molecule has 5 nitrogen and oxygen atoms in total. The maximum Gasteiger partial charge on any atom is 0.224 e. The molecule has 110 valence electrons. The Morgan fingerprint density at radius 1 is 1.45 bits per heavy atom. The molecule has 1 aliphatic heterocycles. The van der Waals surface area contributed by atoms with E-state index in [4.69, 9.17) is 5.73 Å². The van der Waals surface area contributed by atoms with Gasteiger partial charge in [0.05, 0.1) is 0 Å². The van der Waals surface area contributed by atoms with E-state index in [1.54, 1.807) is 0 Å². The Hall–Kier alpha value is -1.62. The minimum atomic E-state index is -0.171. The maximum atomic E-state index is 11.9. The van der Waals surface area contributed by atoms with Gasteiger partial charge in [0.25, 0.3) is 0 Å². The molecule has 3 N–H and O–H groups in total. The van der Waals surface area contributed by atoms with Crippen LogP contribution < -0.4 is 16.0 Å². The molecule has 0 saturated carbocycles. The van der Waals surface area contributed by atoms with Crippen LogP contribution in [0.3, 0.4) is 0 Å². The van der Waals surface area contributed by atoms with Gasteiger partial charge < -0.3 is 16.0 Å². The zero-order valence-corrected chi connectivity index (χ0v) is 12.3. The third-order valence-corrected chi connectivity index (χ3v) is 3.91. The van der Waals surface area contributed by atoms with E-state index in [2.05, 4.69) is 21.3 Å². The number of nitrogens with zero attached hydrogens (tertiary/aromatic N) is 2. The highest BCUT2D eigenvalue weighted by Crippen LogP contribution is 2.18. The maximum absolute atomic E-state index is 11.9. The molecule has 0 aromatic carbocycles. The lowest BCUT2D eigenvalue weighted by atomic mass is 10.0. The van der Waals surface area contributed by atoms with Gasteiger partial charge in [-0.3, -0.25) is 4.79 Å². The number of aromatic nitrogens is 1. The molecule has 1 fully saturated rings. The third-order valence-electron chi connectivity index (χ3n) is 3.91. The number of anilines is 1. The van der Waals surface area contributed by atoms with Gasteiger partial charge in [-0.2, -0.15) is 0 Å². The number of hydrogen-bond donors (Lipinski definition) is 2. The number of nitrogens with one attached hydrogen (secondary N) is 1. The fourth-order valence-corrected chi connectivity index (χ4v) is 2.28. The van der Waals surface area contributed by atoms with Crippen LogP contribution in [0.4, 0.5) is 5.82 Å². The Balaban J connectivity index is 1.93. The number of carbonyl (C=O) groups is 1. The van der Waals surface area contributed by atoms with Crippen LogP contribution in [0.15, 0.2) is 18.3 Å². The van der Waals surface area contributed by atoms with Crippen molar-refractivity contribution < 1.29 is 4.79 Å². The van der Waals surface area contributed by atoms with Crippen molar-refractivity contribution in [3.63, 3.8) is 0 Å². The highest BCUT2D eigenvalue weighted by molar-refractivity contribution is 5.78. The molecule has 2 unspecified atom stereocenters. The second kappa shape index (κ2) is 6.70. The second-order valence-electron chi connectivity index (χ2n) is 5.58. The van der Waals surface area contributed by atoms with E-state index in [0.717, 1.165) is 24.5 Å². The van der Waals surface area contributed by atoms with Crippen molar-refractivity contribution in [3.8, 4) is 0 Å². The molecule has 1 aromatic heterocycles. The highest BCUT2D eigenvalue weighted by atomic mass is 16.1. The molecule has 0 radical (unpaired) electrons. The van der Waals surface area contributed by atoms with Crippen LogP contribution in [0.25, 0.3) is 0 Å². The predicted molar refractivity (Wildman–Crippen MR) is 80.3 cm³/mol. The van der Waals surface area contributed by atoms with Crippen molar-refractivity contribution in [1.82, 2.24) is 10.3 Å². The lowest BCUT2D eigenvalue weighted by molar-refractivity contribution is -0.125. The summed E-state index contributed by atoms with van der Waals surface area (Å²) in [6.45, 7) is 6.37. The van der Waals surface area contributed by atoms with E-state index in [-0.39, 0.29) is 17.9 Å². The van der Waals surface area contributed by atoms with Crippen LogP contribution in [0.1, 0.15) is 32.3 Å². The summed E-state index contributed by atoms with van der Waals surface area (Å²) in [7, 11) is 0. The smallest absolute Gasteiger partial charge is 0.224 e. The summed E-state index contributed by atoms with van der Waals surface area (Å²) in [5.41, 5.74) is 6.81. The fourth-order valence-electron chi connectivity index (χ4n) is 2.28. The van der Waals surface area contributed by atoms with Gasteiger partial charge in [0.1, 0.15) is 5.82 Å². The zero-order chi connectivity index (χ0) is 14.5. The Kier molecular flexibility index (Phi) is 4.95. The molecule has 1 aromatic rings. The van der Waals surface area contributed by atoms with Gasteiger partial charge >= 0.3 is 0 Å². The van der Waals surface area contributed by atoms with Crippen molar-refractivity contribution in [2.45, 2.75) is 39.3 Å². The Morgan fingerprint density at radius 3 is 2.80 bits per heavy atom. The van der Waals surface area contributed by atoms with Crippen LogP contribution in [0, 0.1) is 5.92 Å². The first kappa shape index (κ1) is 14.8. The monoisotopic (exact) mass is 276 g/mol. The molecule has 0 aliphatic carbocycles. The van der Waals surface area contributed by atoms with Gasteiger partial charge in [-0.15, -0.1) is 0 Å². The number of amides is 1. The summed E-state index contributed by atoms with van der Waals surface area (Å²) in [6.07, 6.45) is 4.27. The Bertz CT molecular complexity index is 455. The zero-order valence-electron chi connectivity index (χ0n) is 12.3. The minimum Gasteiger partial charge on any atom is -0.357 e. The van der Waals surface area contributed by atoms with Crippen LogP contribution in [0.2, 0.25) is 0 Å². The van der Waals surface area contributed by atoms with Crippen LogP contribution >= 0.6 is 0 Å². The van der Waals surface area contributed by atoms with Gasteiger partial charge in [0, 0.05) is 37.8 Å². The second-order valence-corrected chi connectivity index (χ2v) is 5.58. The van der Waals surface area contributed by atoms with E-state index in [0.29, 0.717) is 6.54 Å². The molecule has 2 heterocycles. The van der Waals surface area contributed by atoms with E-state index in [1.807, 2.05) is 26.1 Å². The first-order valence-corrected chi connectivity index (χ1v) is 7.31. The van der Waals surface area contributed by atoms with Crippen molar-refractivity contribution in [2.24, 2.45) is 11.7 Å². The van der Waals surface area contributed by atoms with Gasteiger partial charge in [-0.25, -0.2) is 4.98 Å². The summed E-state index contributed by atoms with van der Waals surface area (Å²) in [6, 6.07) is 3.87. The van der Waals surface area contributed by atoms with Gasteiger partial charge in [-0.1, -0.05) is 6.92 Å². The van der Waals surface area contributed by atoms with E-state index in [9.17, 15) is 4.79 Å². The van der Waals surface area contributed by atoms with E-state index in [1.165, 1.54) is 12.8 Å². The standard InChI is InChI=1S/C15H24N4O/c1-11(12(2)16)15(20)18-10-13-5-6-17-14(9-13)19-7-3-4-8-19/h5-6,9,11-12H,3-4,7-8,10,16H2,1-2H3,(H,18,20). The largest absolute Gasteiger partial charge is 0.357 e. The number of pyridine rings is 1. The van der Waals surface area contributed by atoms with Crippen molar-refractivity contribution in [3.05, 3.63) is 23.9 Å². The van der Waals surface area contributed by atoms with E-state index < -0.39 is 0 Å². The lowest BCUT2D eigenvalue weighted by Crippen LogP contribution is -2.38. The molecule has 1 saturated heterocycles. The molecular formula is C15H24N4O. The summed E-state index contributed by atoms with van der Waals surface area (Å²) in [5.74, 6) is 0.837. The molecule has 2 rings (SSSR count). The summed E-state index contributed by atoms with van der Waals surface area (Å²) in [4.78, 5) is 18.6. The average Bonchev–Trinajstić information content (AvgIpc) is 2.98. The van der Waals surface area contributed by atoms with Crippen LogP contribution in [0.5, 0.6) is 0 Å². The highest BCUT2D eigenvalue weighted by Gasteiger charge is 2.17.